The lowest BCUT2D eigenvalue weighted by Gasteiger charge is -2.11. The van der Waals surface area contributed by atoms with Gasteiger partial charge >= 0.3 is 6.18 Å². The number of halogens is 3. The van der Waals surface area contributed by atoms with Crippen molar-refractivity contribution in [2.45, 2.75) is 20.0 Å². The summed E-state index contributed by atoms with van der Waals surface area (Å²) in [6, 6.07) is 6.38. The van der Waals surface area contributed by atoms with Crippen LogP contribution in [0.1, 0.15) is 16.7 Å². The van der Waals surface area contributed by atoms with E-state index in [1.165, 1.54) is 0 Å². The van der Waals surface area contributed by atoms with Crippen molar-refractivity contribution in [2.24, 2.45) is 4.99 Å². The van der Waals surface area contributed by atoms with Gasteiger partial charge in [-0.2, -0.15) is 13.2 Å². The number of hydrogen-bond acceptors (Lipinski definition) is 3. The second-order valence-corrected chi connectivity index (χ2v) is 4.44. The van der Waals surface area contributed by atoms with Gasteiger partial charge in [-0.25, -0.2) is 4.99 Å². The van der Waals surface area contributed by atoms with E-state index >= 15 is 0 Å². The second kappa shape index (κ2) is 5.03. The zero-order valence-electron chi connectivity index (χ0n) is 11.0. The lowest BCUT2D eigenvalue weighted by atomic mass is 10.0. The summed E-state index contributed by atoms with van der Waals surface area (Å²) in [5.41, 5.74) is 1.72. The van der Waals surface area contributed by atoms with Crippen LogP contribution in [-0.2, 0) is 6.18 Å². The minimum atomic E-state index is -4.54. The van der Waals surface area contributed by atoms with E-state index in [0.29, 0.717) is 5.56 Å². The van der Waals surface area contributed by atoms with Crippen molar-refractivity contribution in [2.75, 3.05) is 0 Å². The molecule has 2 aromatic rings. The third-order valence-corrected chi connectivity index (χ3v) is 2.89. The summed E-state index contributed by atoms with van der Waals surface area (Å²) >= 11 is 0. The molecule has 1 aromatic heterocycles. The number of aliphatic imine (C=N–C) groups is 1. The largest absolute Gasteiger partial charge is 0.420 e. The van der Waals surface area contributed by atoms with Gasteiger partial charge in [-0.15, -0.1) is 10.2 Å². The van der Waals surface area contributed by atoms with E-state index in [0.717, 1.165) is 17.2 Å². The predicted octanol–water partition coefficient (Wildman–Crippen LogP) is 4.11. The molecule has 1 aromatic carbocycles. The van der Waals surface area contributed by atoms with Crippen LogP contribution in [0.4, 0.5) is 19.0 Å². The van der Waals surface area contributed by atoms with Crippen LogP contribution in [0.2, 0.25) is 0 Å². The summed E-state index contributed by atoms with van der Waals surface area (Å²) in [6.45, 7) is 6.81. The van der Waals surface area contributed by atoms with Gasteiger partial charge in [0.2, 0.25) is 0 Å². The minimum absolute atomic E-state index is 0.169. The highest BCUT2D eigenvalue weighted by molar-refractivity contribution is 5.66. The highest BCUT2D eigenvalue weighted by atomic mass is 19.4. The molecule has 20 heavy (non-hydrogen) atoms. The van der Waals surface area contributed by atoms with Crippen LogP contribution in [0.15, 0.2) is 29.3 Å². The van der Waals surface area contributed by atoms with E-state index < -0.39 is 17.6 Å². The molecule has 0 aliphatic rings. The van der Waals surface area contributed by atoms with Crippen LogP contribution < -0.4 is 0 Å². The molecule has 0 bridgehead atoms. The molecule has 0 fully saturated rings. The molecule has 0 saturated heterocycles. The van der Waals surface area contributed by atoms with Gasteiger partial charge in [-0.3, -0.25) is 0 Å². The fraction of sp³-hybridized carbons (Fsp3) is 0.214. The molecule has 6 heteroatoms. The first kappa shape index (κ1) is 14.2. The number of hydrogen-bond donors (Lipinski definition) is 0. The van der Waals surface area contributed by atoms with Gasteiger partial charge in [0.1, 0.15) is 5.56 Å². The lowest BCUT2D eigenvalue weighted by molar-refractivity contribution is -0.137. The van der Waals surface area contributed by atoms with E-state index in [9.17, 15) is 13.2 Å². The lowest BCUT2D eigenvalue weighted by Crippen LogP contribution is -2.08. The number of aromatic nitrogens is 2. The van der Waals surface area contributed by atoms with Gasteiger partial charge in [0, 0.05) is 5.56 Å². The van der Waals surface area contributed by atoms with Crippen LogP contribution in [0.5, 0.6) is 0 Å². The molecular formula is C14H12F3N3. The Morgan fingerprint density at radius 2 is 1.80 bits per heavy atom. The molecule has 0 aliphatic carbocycles. The quantitative estimate of drug-likeness (QED) is 0.776. The molecule has 0 aliphatic heterocycles. The van der Waals surface area contributed by atoms with Crippen molar-refractivity contribution < 1.29 is 13.2 Å². The highest BCUT2D eigenvalue weighted by Crippen LogP contribution is 2.36. The molecule has 0 unspecified atom stereocenters. The first-order valence-electron chi connectivity index (χ1n) is 5.82. The summed E-state index contributed by atoms with van der Waals surface area (Å²) in [5.74, 6) is -0.508. The SMILES string of the molecule is C=Nc1nnc(-c2ccc(C)cc2C)cc1C(F)(F)F. The predicted molar refractivity (Wildman–Crippen MR) is 71.2 cm³/mol. The van der Waals surface area contributed by atoms with Crippen LogP contribution >= 0.6 is 0 Å². The minimum Gasteiger partial charge on any atom is -0.243 e. The third kappa shape index (κ3) is 2.68. The molecular weight excluding hydrogens is 267 g/mol. The average Bonchev–Trinajstić information content (AvgIpc) is 2.37. The number of alkyl halides is 3. The number of nitrogens with zero attached hydrogens (tertiary/aromatic N) is 3. The van der Waals surface area contributed by atoms with Gasteiger partial charge in [0.25, 0.3) is 0 Å². The van der Waals surface area contributed by atoms with E-state index in [1.54, 1.807) is 6.07 Å². The molecule has 104 valence electrons. The van der Waals surface area contributed by atoms with Crippen molar-refractivity contribution in [1.29, 1.82) is 0 Å². The molecule has 0 N–H and O–H groups in total. The first-order chi connectivity index (χ1) is 9.32. The van der Waals surface area contributed by atoms with Crippen LogP contribution in [-0.4, -0.2) is 16.9 Å². The van der Waals surface area contributed by atoms with E-state index in [4.69, 9.17) is 0 Å². The van der Waals surface area contributed by atoms with E-state index in [1.807, 2.05) is 26.0 Å². The molecule has 0 spiro atoms. The van der Waals surface area contributed by atoms with Crippen molar-refractivity contribution in [3.05, 3.63) is 41.0 Å². The Morgan fingerprint density at radius 1 is 1.10 bits per heavy atom. The maximum absolute atomic E-state index is 12.9. The summed E-state index contributed by atoms with van der Waals surface area (Å²) in [6.07, 6.45) is -4.54. The summed E-state index contributed by atoms with van der Waals surface area (Å²) < 4.78 is 38.8. The van der Waals surface area contributed by atoms with Gasteiger partial charge in [0.15, 0.2) is 5.82 Å². The summed E-state index contributed by atoms with van der Waals surface area (Å²) in [4.78, 5) is 3.26. The second-order valence-electron chi connectivity index (χ2n) is 4.44. The first-order valence-corrected chi connectivity index (χ1v) is 5.82. The van der Waals surface area contributed by atoms with Gasteiger partial charge < -0.3 is 0 Å². The van der Waals surface area contributed by atoms with E-state index in [-0.39, 0.29) is 5.69 Å². The molecule has 0 amide bonds. The monoisotopic (exact) mass is 279 g/mol. The van der Waals surface area contributed by atoms with Crippen molar-refractivity contribution in [1.82, 2.24) is 10.2 Å². The highest BCUT2D eigenvalue weighted by Gasteiger charge is 2.35. The Labute approximate surface area is 114 Å². The fourth-order valence-corrected chi connectivity index (χ4v) is 1.94. The Kier molecular flexibility index (Phi) is 3.57. The molecule has 2 rings (SSSR count). The van der Waals surface area contributed by atoms with Gasteiger partial charge in [-0.1, -0.05) is 23.8 Å². The Bertz CT molecular complexity index is 663. The maximum atomic E-state index is 12.9. The average molecular weight is 279 g/mol. The van der Waals surface area contributed by atoms with Crippen molar-refractivity contribution in [3.63, 3.8) is 0 Å². The molecule has 3 nitrogen and oxygen atoms in total. The summed E-state index contributed by atoms with van der Waals surface area (Å²) in [5, 5.41) is 7.31. The maximum Gasteiger partial charge on any atom is 0.420 e. The Hall–Kier alpha value is -2.24. The number of benzene rings is 1. The fourth-order valence-electron chi connectivity index (χ4n) is 1.94. The van der Waals surface area contributed by atoms with Crippen LogP contribution in [0, 0.1) is 13.8 Å². The molecule has 0 atom stereocenters. The standard InChI is InChI=1S/C14H12F3N3/c1-8-4-5-10(9(2)6-8)12-7-11(14(15,16)17)13(18-3)20-19-12/h4-7H,3H2,1-2H3. The molecule has 0 radical (unpaired) electrons. The van der Waals surface area contributed by atoms with Gasteiger partial charge in [-0.05, 0) is 32.2 Å². The zero-order valence-corrected chi connectivity index (χ0v) is 11.0. The normalized spacial score (nSPS) is 11.4. The molecule has 1 heterocycles. The smallest absolute Gasteiger partial charge is 0.243 e. The third-order valence-electron chi connectivity index (χ3n) is 2.89. The topological polar surface area (TPSA) is 38.1 Å². The van der Waals surface area contributed by atoms with Crippen LogP contribution in [0.25, 0.3) is 11.3 Å². The van der Waals surface area contributed by atoms with Crippen molar-refractivity contribution >= 4 is 12.5 Å². The van der Waals surface area contributed by atoms with Crippen molar-refractivity contribution in [3.8, 4) is 11.3 Å². The summed E-state index contributed by atoms with van der Waals surface area (Å²) in [7, 11) is 0. The zero-order chi connectivity index (χ0) is 14.9. The van der Waals surface area contributed by atoms with Crippen LogP contribution in [0.3, 0.4) is 0 Å². The van der Waals surface area contributed by atoms with E-state index in [2.05, 4.69) is 21.9 Å². The Balaban J connectivity index is 2.62. The Morgan fingerprint density at radius 3 is 2.35 bits per heavy atom. The number of rotatable bonds is 2. The number of aryl methyl sites for hydroxylation is 2. The van der Waals surface area contributed by atoms with Gasteiger partial charge in [0.05, 0.1) is 5.69 Å². The molecule has 0 saturated carbocycles.